The molecule has 166 valence electrons. The first-order valence-corrected chi connectivity index (χ1v) is 13.9. The molecular formula is C28H36N3P+2. The van der Waals surface area contributed by atoms with Gasteiger partial charge in [0, 0.05) is 0 Å². The van der Waals surface area contributed by atoms with E-state index < -0.39 is 7.26 Å². The third-order valence-corrected chi connectivity index (χ3v) is 10.7. The van der Waals surface area contributed by atoms with Gasteiger partial charge in [-0.05, 0) is 55.7 Å². The van der Waals surface area contributed by atoms with Crippen molar-refractivity contribution in [2.75, 3.05) is 12.7 Å². The maximum atomic E-state index is 6.68. The SMILES string of the molecule is N=[N+]=NCCCCCCCCCC[P+](c1ccccc1)(c1ccccc1)c1ccccc1. The van der Waals surface area contributed by atoms with Crippen LogP contribution in [0.1, 0.15) is 51.4 Å². The molecule has 0 atom stereocenters. The minimum Gasteiger partial charge on any atom is -0.0620 e. The van der Waals surface area contributed by atoms with Gasteiger partial charge in [0.2, 0.25) is 4.91 Å². The molecule has 0 aliphatic heterocycles. The highest BCUT2D eigenvalue weighted by molar-refractivity contribution is 7.95. The van der Waals surface area contributed by atoms with Crippen LogP contribution in [-0.4, -0.2) is 12.7 Å². The molecule has 0 amide bonds. The van der Waals surface area contributed by atoms with Crippen molar-refractivity contribution in [3.63, 3.8) is 0 Å². The number of rotatable bonds is 14. The molecule has 0 heterocycles. The predicted molar refractivity (Wildman–Crippen MR) is 139 cm³/mol. The van der Waals surface area contributed by atoms with Crippen molar-refractivity contribution in [3.8, 4) is 0 Å². The monoisotopic (exact) mass is 445 g/mol. The fourth-order valence-electron chi connectivity index (χ4n) is 4.52. The third-order valence-electron chi connectivity index (χ3n) is 6.16. The van der Waals surface area contributed by atoms with E-state index in [1.54, 1.807) is 0 Å². The van der Waals surface area contributed by atoms with Crippen molar-refractivity contribution in [1.29, 1.82) is 5.53 Å². The zero-order valence-electron chi connectivity index (χ0n) is 19.1. The molecule has 3 aromatic rings. The molecular weight excluding hydrogens is 409 g/mol. The Kier molecular flexibility index (Phi) is 10.3. The van der Waals surface area contributed by atoms with Crippen molar-refractivity contribution >= 4 is 23.2 Å². The van der Waals surface area contributed by atoms with Gasteiger partial charge in [-0.15, -0.1) is 0 Å². The summed E-state index contributed by atoms with van der Waals surface area (Å²) in [5.41, 5.74) is 6.68. The Labute approximate surface area is 193 Å². The molecule has 0 fully saturated rings. The van der Waals surface area contributed by atoms with E-state index in [1.165, 1.54) is 67.0 Å². The molecule has 3 rings (SSSR count). The van der Waals surface area contributed by atoms with Crippen LogP contribution in [0.15, 0.2) is 96.1 Å². The Morgan fingerprint density at radius 1 is 0.531 bits per heavy atom. The van der Waals surface area contributed by atoms with Gasteiger partial charge in [0.05, 0.1) is 6.16 Å². The average Bonchev–Trinajstić information content (AvgIpc) is 2.87. The number of nitrogens with one attached hydrogen (secondary N) is 1. The van der Waals surface area contributed by atoms with E-state index in [1.807, 2.05) is 0 Å². The molecule has 0 aliphatic carbocycles. The number of hydrogen-bond acceptors (Lipinski definition) is 2. The van der Waals surface area contributed by atoms with Gasteiger partial charge in [-0.2, -0.15) is 0 Å². The molecule has 3 aromatic carbocycles. The van der Waals surface area contributed by atoms with Crippen molar-refractivity contribution in [2.24, 2.45) is 5.11 Å². The molecule has 3 nitrogen and oxygen atoms in total. The molecule has 1 N–H and O–H groups in total. The molecule has 32 heavy (non-hydrogen) atoms. The van der Waals surface area contributed by atoms with Crippen molar-refractivity contribution in [2.45, 2.75) is 51.4 Å². The molecule has 0 bridgehead atoms. The summed E-state index contributed by atoms with van der Waals surface area (Å²) in [4.78, 5) is 3.07. The van der Waals surface area contributed by atoms with Gasteiger partial charge in [0.15, 0.2) is 0 Å². The summed E-state index contributed by atoms with van der Waals surface area (Å²) in [7, 11) is -1.66. The quantitative estimate of drug-likeness (QED) is 0.125. The standard InChI is InChI=1S/C28H36N3P/c29-31-30-24-16-5-3-1-2-4-6-17-25-32(26-18-10-7-11-19-26,27-20-12-8-13-21-27)28-22-14-9-15-23-28/h7-15,18-23,29H,1-6,16-17,24-25H2/q+2. The van der Waals surface area contributed by atoms with Crippen LogP contribution in [0.4, 0.5) is 0 Å². The van der Waals surface area contributed by atoms with Crippen molar-refractivity contribution < 1.29 is 0 Å². The highest BCUT2D eigenvalue weighted by atomic mass is 31.2. The van der Waals surface area contributed by atoms with Crippen LogP contribution in [0.3, 0.4) is 0 Å². The summed E-state index contributed by atoms with van der Waals surface area (Å²) in [6.07, 6.45) is 11.2. The molecule has 0 unspecified atom stereocenters. The van der Waals surface area contributed by atoms with Crippen LogP contribution in [-0.2, 0) is 0 Å². The molecule has 0 aliphatic rings. The lowest BCUT2D eigenvalue weighted by molar-refractivity contribution is 0.575. The van der Waals surface area contributed by atoms with Crippen LogP contribution in [0.25, 0.3) is 0 Å². The topological polar surface area (TPSA) is 50.3 Å². The van der Waals surface area contributed by atoms with Crippen molar-refractivity contribution in [3.05, 3.63) is 91.0 Å². The fourth-order valence-corrected chi connectivity index (χ4v) is 8.93. The number of nitrogens with zero attached hydrogens (tertiary/aromatic N) is 2. The molecule has 0 saturated carbocycles. The number of benzene rings is 3. The zero-order chi connectivity index (χ0) is 22.3. The third kappa shape index (κ3) is 6.70. The molecule has 0 radical (unpaired) electrons. The highest BCUT2D eigenvalue weighted by Gasteiger charge is 2.44. The smallest absolute Gasteiger partial charge is 0.0620 e. The van der Waals surface area contributed by atoms with Crippen LogP contribution >= 0.6 is 7.26 Å². The maximum absolute atomic E-state index is 6.68. The average molecular weight is 446 g/mol. The van der Waals surface area contributed by atoms with Crippen LogP contribution in [0.5, 0.6) is 0 Å². The second-order valence-corrected chi connectivity index (χ2v) is 11.9. The van der Waals surface area contributed by atoms with E-state index in [4.69, 9.17) is 5.53 Å². The van der Waals surface area contributed by atoms with Gasteiger partial charge in [-0.1, -0.05) is 86.7 Å². The Bertz CT molecular complexity index is 842. The molecule has 4 heteroatoms. The molecule has 0 spiro atoms. The van der Waals surface area contributed by atoms with Gasteiger partial charge in [-0.3, -0.25) is 0 Å². The van der Waals surface area contributed by atoms with Crippen LogP contribution in [0.2, 0.25) is 0 Å². The van der Waals surface area contributed by atoms with Gasteiger partial charge in [0.1, 0.15) is 40.4 Å². The van der Waals surface area contributed by atoms with Crippen molar-refractivity contribution in [1.82, 2.24) is 4.91 Å². The summed E-state index contributed by atoms with van der Waals surface area (Å²) in [5, 5.41) is 8.19. The molecule has 0 saturated heterocycles. The van der Waals surface area contributed by atoms with Gasteiger partial charge >= 0.3 is 0 Å². The van der Waals surface area contributed by atoms with E-state index in [-0.39, 0.29) is 0 Å². The summed E-state index contributed by atoms with van der Waals surface area (Å²) >= 11 is 0. The number of unbranched alkanes of at least 4 members (excludes halogenated alkanes) is 7. The van der Waals surface area contributed by atoms with E-state index >= 15 is 0 Å². The molecule has 0 aromatic heterocycles. The van der Waals surface area contributed by atoms with E-state index in [9.17, 15) is 0 Å². The second-order valence-electron chi connectivity index (χ2n) is 8.33. The zero-order valence-corrected chi connectivity index (χ0v) is 20.0. The Hall–Kier alpha value is -2.60. The lowest BCUT2D eigenvalue weighted by Gasteiger charge is -2.27. The van der Waals surface area contributed by atoms with Gasteiger partial charge in [0.25, 0.3) is 0 Å². The number of hydrogen-bond donors (Lipinski definition) is 1. The predicted octanol–water partition coefficient (Wildman–Crippen LogP) is 6.65. The minimum atomic E-state index is -1.66. The Balaban J connectivity index is 1.66. The van der Waals surface area contributed by atoms with Gasteiger partial charge < -0.3 is 0 Å². The minimum absolute atomic E-state index is 0.702. The van der Waals surface area contributed by atoms with E-state index in [0.717, 1.165) is 6.42 Å². The lowest BCUT2D eigenvalue weighted by atomic mass is 10.1. The van der Waals surface area contributed by atoms with Crippen LogP contribution in [0, 0.1) is 5.53 Å². The van der Waals surface area contributed by atoms with Gasteiger partial charge in [-0.25, -0.2) is 0 Å². The highest BCUT2D eigenvalue weighted by Crippen LogP contribution is 2.55. The fraction of sp³-hybridized carbons (Fsp3) is 0.357. The second kappa shape index (κ2) is 13.7. The first-order chi connectivity index (χ1) is 15.9. The van der Waals surface area contributed by atoms with E-state index in [2.05, 4.69) is 101 Å². The normalized spacial score (nSPS) is 11.1. The summed E-state index contributed by atoms with van der Waals surface area (Å²) in [6.45, 7) is 0.702. The first kappa shape index (κ1) is 24.1. The van der Waals surface area contributed by atoms with E-state index in [0.29, 0.717) is 6.54 Å². The largest absolute Gasteiger partial charge is 0.214 e. The summed E-state index contributed by atoms with van der Waals surface area (Å²) in [5.74, 6) is 0. The lowest BCUT2D eigenvalue weighted by Crippen LogP contribution is -2.33. The Morgan fingerprint density at radius 3 is 1.31 bits per heavy atom. The summed E-state index contributed by atoms with van der Waals surface area (Å²) < 4.78 is 0. The first-order valence-electron chi connectivity index (χ1n) is 12.0. The van der Waals surface area contributed by atoms with Crippen LogP contribution < -0.4 is 20.8 Å². The summed E-state index contributed by atoms with van der Waals surface area (Å²) in [6, 6.07) is 33.6. The maximum Gasteiger partial charge on any atom is 0.214 e. The Morgan fingerprint density at radius 2 is 0.906 bits per heavy atom.